The van der Waals surface area contributed by atoms with Gasteiger partial charge in [0.2, 0.25) is 11.9 Å². The Labute approximate surface area is 175 Å². The summed E-state index contributed by atoms with van der Waals surface area (Å²) in [7, 11) is 0. The number of halogens is 1. The summed E-state index contributed by atoms with van der Waals surface area (Å²) >= 11 is 0. The fourth-order valence-electron chi connectivity index (χ4n) is 3.83. The molecule has 156 valence electrons. The zero-order chi connectivity index (χ0) is 21.1. The zero-order valence-electron chi connectivity index (χ0n) is 16.9. The fourth-order valence-corrected chi connectivity index (χ4v) is 3.83. The molecule has 1 aliphatic rings. The average molecular weight is 408 g/mol. The van der Waals surface area contributed by atoms with Crippen molar-refractivity contribution in [1.82, 2.24) is 19.9 Å². The third kappa shape index (κ3) is 4.12. The Morgan fingerprint density at radius 1 is 1.17 bits per heavy atom. The van der Waals surface area contributed by atoms with Crippen molar-refractivity contribution in [2.45, 2.75) is 45.2 Å². The SMILES string of the molecule is Cc1ccc(NC(=O)[C@H]2CCCC(C)N2c2ncccn2)cc1-c1ncc(F)cn1.[HH]. The van der Waals surface area contributed by atoms with Crippen LogP contribution in [0.15, 0.2) is 49.1 Å². The summed E-state index contributed by atoms with van der Waals surface area (Å²) in [6, 6.07) is 7.12. The lowest BCUT2D eigenvalue weighted by atomic mass is 9.96. The molecule has 1 N–H and O–H groups in total. The van der Waals surface area contributed by atoms with E-state index in [1.807, 2.05) is 30.0 Å². The highest BCUT2D eigenvalue weighted by atomic mass is 19.1. The van der Waals surface area contributed by atoms with E-state index in [0.717, 1.165) is 42.8 Å². The van der Waals surface area contributed by atoms with Gasteiger partial charge < -0.3 is 10.2 Å². The van der Waals surface area contributed by atoms with Crippen LogP contribution in [0, 0.1) is 12.7 Å². The minimum atomic E-state index is -0.490. The first-order valence-corrected chi connectivity index (χ1v) is 9.97. The van der Waals surface area contributed by atoms with Gasteiger partial charge in [-0.25, -0.2) is 24.3 Å². The largest absolute Gasteiger partial charge is 0.326 e. The van der Waals surface area contributed by atoms with Crippen LogP contribution in [0.3, 0.4) is 0 Å². The standard InChI is InChI=1S/C22H23FN6O.H2/c1-14-7-8-17(11-18(14)20-26-12-16(23)13-27-20)28-21(30)19-6-3-5-15(2)29(19)22-24-9-4-10-25-22;/h4,7-13,15,19H,3,5-6H2,1-2H3,(H,28,30);1H/t15?,19-;/m1./s1. The maximum atomic E-state index is 13.2. The highest BCUT2D eigenvalue weighted by Crippen LogP contribution is 2.28. The van der Waals surface area contributed by atoms with Crippen LogP contribution in [0.2, 0.25) is 0 Å². The molecule has 8 heteroatoms. The second-order valence-corrected chi connectivity index (χ2v) is 7.50. The summed E-state index contributed by atoms with van der Waals surface area (Å²) in [6.07, 6.45) is 8.32. The van der Waals surface area contributed by atoms with E-state index >= 15 is 0 Å². The number of aromatic nitrogens is 4. The van der Waals surface area contributed by atoms with Crippen LogP contribution in [0.4, 0.5) is 16.0 Å². The molecule has 0 bridgehead atoms. The Hall–Kier alpha value is -3.42. The van der Waals surface area contributed by atoms with E-state index < -0.39 is 5.82 Å². The number of amides is 1. The molecule has 3 heterocycles. The minimum absolute atomic E-state index is 0. The van der Waals surface area contributed by atoms with Crippen molar-refractivity contribution in [3.63, 3.8) is 0 Å². The van der Waals surface area contributed by atoms with Crippen LogP contribution in [0.25, 0.3) is 11.4 Å². The predicted octanol–water partition coefficient (Wildman–Crippen LogP) is 4.01. The topological polar surface area (TPSA) is 83.9 Å². The number of piperidine rings is 1. The molecule has 2 atom stereocenters. The van der Waals surface area contributed by atoms with Crippen LogP contribution in [0.1, 0.15) is 33.2 Å². The summed E-state index contributed by atoms with van der Waals surface area (Å²) in [5, 5.41) is 3.01. The maximum absolute atomic E-state index is 13.2. The van der Waals surface area contributed by atoms with Crippen molar-refractivity contribution in [1.29, 1.82) is 0 Å². The van der Waals surface area contributed by atoms with Crippen LogP contribution < -0.4 is 10.2 Å². The van der Waals surface area contributed by atoms with E-state index in [1.165, 1.54) is 0 Å². The summed E-state index contributed by atoms with van der Waals surface area (Å²) < 4.78 is 13.2. The lowest BCUT2D eigenvalue weighted by Gasteiger charge is -2.39. The first kappa shape index (κ1) is 19.9. The Morgan fingerprint density at radius 2 is 1.90 bits per heavy atom. The van der Waals surface area contributed by atoms with Crippen LogP contribution >= 0.6 is 0 Å². The number of nitrogens with one attached hydrogen (secondary N) is 1. The summed E-state index contributed by atoms with van der Waals surface area (Å²) in [5.74, 6) is 0.379. The van der Waals surface area contributed by atoms with Gasteiger partial charge >= 0.3 is 0 Å². The summed E-state index contributed by atoms with van der Waals surface area (Å²) in [5.41, 5.74) is 2.32. The third-order valence-corrected chi connectivity index (χ3v) is 5.36. The molecule has 1 aliphatic heterocycles. The normalized spacial score (nSPS) is 18.8. The smallest absolute Gasteiger partial charge is 0.247 e. The minimum Gasteiger partial charge on any atom is -0.326 e. The van der Waals surface area contributed by atoms with Crippen LogP contribution in [-0.2, 0) is 4.79 Å². The number of rotatable bonds is 4. The van der Waals surface area contributed by atoms with E-state index in [4.69, 9.17) is 0 Å². The molecule has 30 heavy (non-hydrogen) atoms. The number of hydrogen-bond acceptors (Lipinski definition) is 6. The van der Waals surface area contributed by atoms with Gasteiger partial charge in [-0.05, 0) is 56.9 Å². The number of carbonyl (C=O) groups excluding carboxylic acids is 1. The molecule has 1 amide bonds. The molecule has 1 saturated heterocycles. The molecule has 0 spiro atoms. The first-order valence-electron chi connectivity index (χ1n) is 9.97. The van der Waals surface area contributed by atoms with Gasteiger partial charge in [0, 0.05) is 31.1 Å². The highest BCUT2D eigenvalue weighted by molar-refractivity contribution is 5.97. The molecule has 0 saturated carbocycles. The summed E-state index contributed by atoms with van der Waals surface area (Å²) in [4.78, 5) is 32.0. The first-order chi connectivity index (χ1) is 14.5. The zero-order valence-corrected chi connectivity index (χ0v) is 16.9. The molecule has 4 rings (SSSR count). The molecular weight excluding hydrogens is 383 g/mol. The molecule has 7 nitrogen and oxygen atoms in total. The molecule has 1 unspecified atom stereocenters. The van der Waals surface area contributed by atoms with Crippen LogP contribution in [-0.4, -0.2) is 37.9 Å². The lowest BCUT2D eigenvalue weighted by molar-refractivity contribution is -0.118. The van der Waals surface area contributed by atoms with Gasteiger partial charge in [-0.2, -0.15) is 0 Å². The Morgan fingerprint density at radius 3 is 2.63 bits per heavy atom. The number of aryl methyl sites for hydroxylation is 1. The Balaban J connectivity index is 0.00000272. The van der Waals surface area contributed by atoms with Crippen molar-refractivity contribution in [2.75, 3.05) is 10.2 Å². The number of anilines is 2. The van der Waals surface area contributed by atoms with E-state index in [1.54, 1.807) is 18.5 Å². The quantitative estimate of drug-likeness (QED) is 0.702. The van der Waals surface area contributed by atoms with Gasteiger partial charge in [0.25, 0.3) is 0 Å². The van der Waals surface area contributed by atoms with Gasteiger partial charge in [0.15, 0.2) is 11.6 Å². The predicted molar refractivity (Wildman–Crippen MR) is 115 cm³/mol. The van der Waals surface area contributed by atoms with Gasteiger partial charge in [0.1, 0.15) is 6.04 Å². The van der Waals surface area contributed by atoms with E-state index in [0.29, 0.717) is 17.5 Å². The van der Waals surface area contributed by atoms with Crippen molar-refractivity contribution in [2.24, 2.45) is 0 Å². The van der Waals surface area contributed by atoms with Crippen molar-refractivity contribution in [3.8, 4) is 11.4 Å². The van der Waals surface area contributed by atoms with E-state index in [2.05, 4.69) is 32.2 Å². The number of hydrogen-bond donors (Lipinski definition) is 1. The molecule has 3 aromatic rings. The Bertz CT molecular complexity index is 1030. The van der Waals surface area contributed by atoms with E-state index in [9.17, 15) is 9.18 Å². The molecule has 2 aromatic heterocycles. The molecule has 0 radical (unpaired) electrons. The van der Waals surface area contributed by atoms with Crippen molar-refractivity contribution >= 4 is 17.5 Å². The van der Waals surface area contributed by atoms with Gasteiger partial charge in [-0.1, -0.05) is 6.07 Å². The monoisotopic (exact) mass is 408 g/mol. The molecule has 0 aliphatic carbocycles. The van der Waals surface area contributed by atoms with Gasteiger partial charge in [0.05, 0.1) is 12.4 Å². The number of benzene rings is 1. The molecular formula is C22H25FN6O. The van der Waals surface area contributed by atoms with Gasteiger partial charge in [-0.3, -0.25) is 4.79 Å². The lowest BCUT2D eigenvalue weighted by Crippen LogP contribution is -2.52. The number of nitrogens with zero attached hydrogens (tertiary/aromatic N) is 5. The maximum Gasteiger partial charge on any atom is 0.247 e. The van der Waals surface area contributed by atoms with E-state index in [-0.39, 0.29) is 19.4 Å². The average Bonchev–Trinajstić information content (AvgIpc) is 2.76. The third-order valence-electron chi connectivity index (χ3n) is 5.36. The molecule has 1 aromatic carbocycles. The second kappa shape index (κ2) is 8.52. The Kier molecular flexibility index (Phi) is 5.65. The summed E-state index contributed by atoms with van der Waals surface area (Å²) in [6.45, 7) is 4.01. The van der Waals surface area contributed by atoms with Gasteiger partial charge in [-0.15, -0.1) is 0 Å². The van der Waals surface area contributed by atoms with Crippen molar-refractivity contribution in [3.05, 3.63) is 60.4 Å². The number of carbonyl (C=O) groups is 1. The highest BCUT2D eigenvalue weighted by Gasteiger charge is 2.34. The van der Waals surface area contributed by atoms with Crippen molar-refractivity contribution < 1.29 is 10.6 Å². The second-order valence-electron chi connectivity index (χ2n) is 7.50. The fraction of sp³-hybridized carbons (Fsp3) is 0.318. The molecule has 1 fully saturated rings. The van der Waals surface area contributed by atoms with Crippen LogP contribution in [0.5, 0.6) is 0 Å².